The maximum Gasteiger partial charge on any atom is 0.328 e. The Bertz CT molecular complexity index is 561. The highest BCUT2D eigenvalue weighted by Crippen LogP contribution is 2.38. The average Bonchev–Trinajstić information content (AvgIpc) is 3.18. The molecule has 1 aromatic heterocycles. The largest absolute Gasteiger partial charge is 0.459 e. The third-order valence-electron chi connectivity index (χ3n) is 3.11. The second-order valence-electron chi connectivity index (χ2n) is 4.70. The number of benzene rings is 1. The first-order chi connectivity index (χ1) is 9.33. The first-order valence-corrected chi connectivity index (χ1v) is 6.40. The van der Waals surface area contributed by atoms with Gasteiger partial charge in [0, 0.05) is 5.92 Å². The minimum absolute atomic E-state index is 0.138. The number of ether oxygens (including phenoxy) is 1. The van der Waals surface area contributed by atoms with E-state index in [2.05, 4.69) is 10.1 Å². The first-order valence-electron chi connectivity index (χ1n) is 6.40. The van der Waals surface area contributed by atoms with Crippen molar-refractivity contribution in [3.63, 3.8) is 0 Å². The van der Waals surface area contributed by atoms with Crippen LogP contribution in [0, 0.1) is 0 Å². The van der Waals surface area contributed by atoms with Gasteiger partial charge < -0.3 is 4.74 Å². The first kappa shape index (κ1) is 11.9. The lowest BCUT2D eigenvalue weighted by molar-refractivity contribution is -0.145. The predicted molar refractivity (Wildman–Crippen MR) is 68.2 cm³/mol. The van der Waals surface area contributed by atoms with Crippen LogP contribution >= 0.6 is 0 Å². The van der Waals surface area contributed by atoms with E-state index < -0.39 is 0 Å². The summed E-state index contributed by atoms with van der Waals surface area (Å²) in [4.78, 5) is 16.0. The maximum absolute atomic E-state index is 11.8. The summed E-state index contributed by atoms with van der Waals surface area (Å²) in [5.41, 5.74) is 0.983. The van der Waals surface area contributed by atoms with E-state index in [1.54, 1.807) is 4.68 Å². The lowest BCUT2D eigenvalue weighted by atomic mass is 10.2. The van der Waals surface area contributed by atoms with Crippen molar-refractivity contribution in [3.8, 4) is 0 Å². The van der Waals surface area contributed by atoms with Gasteiger partial charge in [0.2, 0.25) is 0 Å². The normalized spacial score (nSPS) is 14.3. The molecule has 0 saturated heterocycles. The van der Waals surface area contributed by atoms with Gasteiger partial charge in [-0.25, -0.2) is 9.67 Å². The standard InChI is InChI=1S/C14H15N3O2/c18-13(19-9-11-4-2-1-3-5-11)8-17-14(12-6-7-12)15-10-16-17/h1-5,10,12H,6-9H2. The van der Waals surface area contributed by atoms with Gasteiger partial charge >= 0.3 is 5.97 Å². The zero-order chi connectivity index (χ0) is 13.1. The van der Waals surface area contributed by atoms with Crippen molar-refractivity contribution in [2.75, 3.05) is 0 Å². The van der Waals surface area contributed by atoms with Crippen LogP contribution in [0.1, 0.15) is 30.1 Å². The molecule has 1 saturated carbocycles. The molecular formula is C14H15N3O2. The van der Waals surface area contributed by atoms with E-state index in [-0.39, 0.29) is 12.5 Å². The zero-order valence-electron chi connectivity index (χ0n) is 10.5. The number of esters is 1. The highest BCUT2D eigenvalue weighted by Gasteiger charge is 2.29. The summed E-state index contributed by atoms with van der Waals surface area (Å²) < 4.78 is 6.87. The van der Waals surface area contributed by atoms with Gasteiger partial charge in [0.15, 0.2) is 0 Å². The van der Waals surface area contributed by atoms with Gasteiger partial charge in [0.1, 0.15) is 25.3 Å². The van der Waals surface area contributed by atoms with E-state index in [0.29, 0.717) is 12.5 Å². The summed E-state index contributed by atoms with van der Waals surface area (Å²) in [7, 11) is 0. The van der Waals surface area contributed by atoms with E-state index in [4.69, 9.17) is 4.74 Å². The molecule has 3 rings (SSSR count). The maximum atomic E-state index is 11.8. The molecule has 0 bridgehead atoms. The molecule has 1 heterocycles. The Morgan fingerprint density at radius 3 is 2.84 bits per heavy atom. The van der Waals surface area contributed by atoms with Crippen molar-refractivity contribution in [3.05, 3.63) is 48.0 Å². The Balaban J connectivity index is 1.55. The highest BCUT2D eigenvalue weighted by molar-refractivity contribution is 5.69. The summed E-state index contributed by atoms with van der Waals surface area (Å²) in [6.07, 6.45) is 3.77. The van der Waals surface area contributed by atoms with Gasteiger partial charge in [-0.3, -0.25) is 4.79 Å². The van der Waals surface area contributed by atoms with Crippen LogP contribution in [0.3, 0.4) is 0 Å². The molecule has 2 aromatic rings. The van der Waals surface area contributed by atoms with E-state index in [9.17, 15) is 4.79 Å². The van der Waals surface area contributed by atoms with Crippen LogP contribution in [0.25, 0.3) is 0 Å². The summed E-state index contributed by atoms with van der Waals surface area (Å²) in [5, 5.41) is 4.08. The van der Waals surface area contributed by atoms with Crippen molar-refractivity contribution in [2.45, 2.75) is 31.9 Å². The van der Waals surface area contributed by atoms with Crippen LogP contribution in [0.2, 0.25) is 0 Å². The van der Waals surface area contributed by atoms with Crippen LogP contribution in [0.15, 0.2) is 36.7 Å². The van der Waals surface area contributed by atoms with Crippen molar-refractivity contribution in [1.82, 2.24) is 14.8 Å². The zero-order valence-corrected chi connectivity index (χ0v) is 10.5. The number of rotatable bonds is 5. The lowest BCUT2D eigenvalue weighted by Gasteiger charge is -2.06. The summed E-state index contributed by atoms with van der Waals surface area (Å²) in [5.74, 6) is 1.09. The monoisotopic (exact) mass is 257 g/mol. The molecule has 0 unspecified atom stereocenters. The molecule has 0 spiro atoms. The van der Waals surface area contributed by atoms with Crippen LogP contribution in [-0.4, -0.2) is 20.7 Å². The Kier molecular flexibility index (Phi) is 3.27. The van der Waals surface area contributed by atoms with Gasteiger partial charge in [-0.2, -0.15) is 5.10 Å². The number of hydrogen-bond acceptors (Lipinski definition) is 4. The Labute approximate surface area is 111 Å². The SMILES string of the molecule is O=C(Cn1ncnc1C1CC1)OCc1ccccc1. The molecule has 5 heteroatoms. The fourth-order valence-corrected chi connectivity index (χ4v) is 1.96. The molecule has 0 radical (unpaired) electrons. The molecule has 19 heavy (non-hydrogen) atoms. The van der Waals surface area contributed by atoms with Crippen LogP contribution < -0.4 is 0 Å². The van der Waals surface area contributed by atoms with Gasteiger partial charge in [-0.05, 0) is 18.4 Å². The average molecular weight is 257 g/mol. The highest BCUT2D eigenvalue weighted by atomic mass is 16.5. The molecule has 1 aliphatic rings. The Morgan fingerprint density at radius 2 is 2.11 bits per heavy atom. The summed E-state index contributed by atoms with van der Waals surface area (Å²) in [6, 6.07) is 9.64. The summed E-state index contributed by atoms with van der Waals surface area (Å²) in [6.45, 7) is 0.436. The fraction of sp³-hybridized carbons (Fsp3) is 0.357. The molecule has 5 nitrogen and oxygen atoms in total. The van der Waals surface area contributed by atoms with E-state index >= 15 is 0 Å². The predicted octanol–water partition coefficient (Wildman–Crippen LogP) is 1.90. The number of carbonyl (C=O) groups is 1. The minimum atomic E-state index is -0.281. The molecule has 1 aromatic carbocycles. The second kappa shape index (κ2) is 5.22. The van der Waals surface area contributed by atoms with Gasteiger partial charge in [0.05, 0.1) is 0 Å². The Hall–Kier alpha value is -2.17. The minimum Gasteiger partial charge on any atom is -0.459 e. The number of nitrogens with zero attached hydrogens (tertiary/aromatic N) is 3. The smallest absolute Gasteiger partial charge is 0.328 e. The molecule has 0 N–H and O–H groups in total. The van der Waals surface area contributed by atoms with Gasteiger partial charge in [-0.1, -0.05) is 30.3 Å². The lowest BCUT2D eigenvalue weighted by Crippen LogP contribution is -2.16. The van der Waals surface area contributed by atoms with Crippen molar-refractivity contribution in [1.29, 1.82) is 0 Å². The summed E-state index contributed by atoms with van der Waals surface area (Å²) >= 11 is 0. The quantitative estimate of drug-likeness (QED) is 0.768. The van der Waals surface area contributed by atoms with E-state index in [1.807, 2.05) is 30.3 Å². The van der Waals surface area contributed by atoms with Crippen molar-refractivity contribution >= 4 is 5.97 Å². The molecule has 0 amide bonds. The van der Waals surface area contributed by atoms with E-state index in [1.165, 1.54) is 6.33 Å². The molecule has 1 aliphatic carbocycles. The molecule has 0 atom stereocenters. The van der Waals surface area contributed by atoms with Gasteiger partial charge in [-0.15, -0.1) is 0 Å². The van der Waals surface area contributed by atoms with Crippen LogP contribution in [0.5, 0.6) is 0 Å². The third-order valence-corrected chi connectivity index (χ3v) is 3.11. The number of carbonyl (C=O) groups excluding carboxylic acids is 1. The second-order valence-corrected chi connectivity index (χ2v) is 4.70. The molecule has 1 fully saturated rings. The topological polar surface area (TPSA) is 57.0 Å². The van der Waals surface area contributed by atoms with Crippen LogP contribution in [-0.2, 0) is 22.7 Å². The molecule has 0 aliphatic heterocycles. The van der Waals surface area contributed by atoms with Crippen molar-refractivity contribution in [2.24, 2.45) is 0 Å². The third kappa shape index (κ3) is 2.99. The van der Waals surface area contributed by atoms with E-state index in [0.717, 1.165) is 24.2 Å². The van der Waals surface area contributed by atoms with Gasteiger partial charge in [0.25, 0.3) is 0 Å². The van der Waals surface area contributed by atoms with Crippen LogP contribution in [0.4, 0.5) is 0 Å². The molecular weight excluding hydrogens is 242 g/mol. The van der Waals surface area contributed by atoms with Crippen molar-refractivity contribution < 1.29 is 9.53 Å². The number of aromatic nitrogens is 3. The number of hydrogen-bond donors (Lipinski definition) is 0. The molecule has 98 valence electrons. The Morgan fingerprint density at radius 1 is 1.32 bits per heavy atom. The fourth-order valence-electron chi connectivity index (χ4n) is 1.96.